The highest BCUT2D eigenvalue weighted by atomic mass is 79.9. The lowest BCUT2D eigenvalue weighted by Crippen LogP contribution is -2.11. The van der Waals surface area contributed by atoms with Gasteiger partial charge in [-0.15, -0.1) is 0 Å². The maximum Gasteiger partial charge on any atom is 0.249 e. The van der Waals surface area contributed by atoms with Gasteiger partial charge in [-0.2, -0.15) is 0 Å². The first-order chi connectivity index (χ1) is 6.68. The van der Waals surface area contributed by atoms with Gasteiger partial charge in [-0.1, -0.05) is 40.2 Å². The van der Waals surface area contributed by atoms with Crippen molar-refractivity contribution in [3.8, 4) is 0 Å². The molecule has 0 heterocycles. The molecule has 2 aromatic carbocycles. The van der Waals surface area contributed by atoms with E-state index in [1.165, 1.54) is 0 Å². The van der Waals surface area contributed by atoms with Crippen LogP contribution in [0.1, 0.15) is 10.4 Å². The van der Waals surface area contributed by atoms with Crippen molar-refractivity contribution < 1.29 is 4.79 Å². The van der Waals surface area contributed by atoms with Gasteiger partial charge in [0.1, 0.15) is 0 Å². The molecule has 0 bridgehead atoms. The van der Waals surface area contributed by atoms with E-state index in [1.54, 1.807) is 6.07 Å². The van der Waals surface area contributed by atoms with Crippen LogP contribution in [0.2, 0.25) is 0 Å². The lowest BCUT2D eigenvalue weighted by molar-refractivity contribution is 0.100. The minimum Gasteiger partial charge on any atom is -0.366 e. The van der Waals surface area contributed by atoms with Gasteiger partial charge < -0.3 is 5.73 Å². The highest BCUT2D eigenvalue weighted by Crippen LogP contribution is 2.23. The Labute approximate surface area is 89.8 Å². The third kappa shape index (κ3) is 1.51. The van der Waals surface area contributed by atoms with E-state index in [-0.39, 0.29) is 0 Å². The Kier molecular flexibility index (Phi) is 2.25. The largest absolute Gasteiger partial charge is 0.366 e. The fourth-order valence-electron chi connectivity index (χ4n) is 1.48. The third-order valence-electron chi connectivity index (χ3n) is 2.09. The quantitative estimate of drug-likeness (QED) is 0.830. The minimum atomic E-state index is -0.400. The van der Waals surface area contributed by atoms with Gasteiger partial charge in [0.05, 0.1) is 0 Å². The van der Waals surface area contributed by atoms with Crippen molar-refractivity contribution in [1.29, 1.82) is 0 Å². The lowest BCUT2D eigenvalue weighted by Gasteiger charge is -2.03. The zero-order chi connectivity index (χ0) is 10.1. The maximum atomic E-state index is 11.2. The normalized spacial score (nSPS) is 10.4. The fraction of sp³-hybridized carbons (Fsp3) is 0. The summed E-state index contributed by atoms with van der Waals surface area (Å²) in [7, 11) is 0. The van der Waals surface area contributed by atoms with Crippen LogP contribution in [-0.2, 0) is 0 Å². The predicted octanol–water partition coefficient (Wildman–Crippen LogP) is 2.70. The second-order valence-electron chi connectivity index (χ2n) is 3.04. The summed E-state index contributed by atoms with van der Waals surface area (Å²) >= 11 is 3.34. The van der Waals surface area contributed by atoms with Crippen molar-refractivity contribution in [2.75, 3.05) is 0 Å². The molecule has 0 aliphatic carbocycles. The molecule has 2 aromatic rings. The molecule has 2 rings (SSSR count). The summed E-state index contributed by atoms with van der Waals surface area (Å²) in [4.78, 5) is 11.2. The van der Waals surface area contributed by atoms with E-state index in [4.69, 9.17) is 5.73 Å². The molecule has 0 unspecified atom stereocenters. The number of carbonyl (C=O) groups excluding carboxylic acids is 1. The number of amides is 1. The van der Waals surface area contributed by atoms with Crippen LogP contribution in [0.15, 0.2) is 40.9 Å². The monoisotopic (exact) mass is 249 g/mol. The second kappa shape index (κ2) is 3.42. The second-order valence-corrected chi connectivity index (χ2v) is 3.95. The van der Waals surface area contributed by atoms with E-state index < -0.39 is 5.91 Å². The Morgan fingerprint density at radius 1 is 1.21 bits per heavy atom. The first-order valence-electron chi connectivity index (χ1n) is 4.16. The standard InChI is InChI=1S/C11H8BrNO/c12-8-5-7-3-1-2-4-9(7)10(6-8)11(13)14/h1-6H,(H2,13,14). The van der Waals surface area contributed by atoms with E-state index in [2.05, 4.69) is 15.9 Å². The van der Waals surface area contributed by atoms with Crippen LogP contribution in [0.25, 0.3) is 10.8 Å². The van der Waals surface area contributed by atoms with Gasteiger partial charge in [-0.3, -0.25) is 4.79 Å². The van der Waals surface area contributed by atoms with Gasteiger partial charge in [0.15, 0.2) is 0 Å². The summed E-state index contributed by atoms with van der Waals surface area (Å²) < 4.78 is 0.866. The molecule has 0 fully saturated rings. The van der Waals surface area contributed by atoms with Crippen molar-refractivity contribution in [1.82, 2.24) is 0 Å². The van der Waals surface area contributed by atoms with Crippen molar-refractivity contribution in [3.05, 3.63) is 46.4 Å². The van der Waals surface area contributed by atoms with Gasteiger partial charge in [0.2, 0.25) is 5.91 Å². The summed E-state index contributed by atoms with van der Waals surface area (Å²) in [6, 6.07) is 11.4. The van der Waals surface area contributed by atoms with Gasteiger partial charge >= 0.3 is 0 Å². The summed E-state index contributed by atoms with van der Waals surface area (Å²) in [5, 5.41) is 1.90. The number of nitrogens with two attached hydrogens (primary N) is 1. The van der Waals surface area contributed by atoms with Crippen LogP contribution in [0, 0.1) is 0 Å². The topological polar surface area (TPSA) is 43.1 Å². The third-order valence-corrected chi connectivity index (χ3v) is 2.55. The van der Waals surface area contributed by atoms with Gasteiger partial charge in [-0.25, -0.2) is 0 Å². The Morgan fingerprint density at radius 3 is 2.64 bits per heavy atom. The molecule has 3 heteroatoms. The number of halogens is 1. The van der Waals surface area contributed by atoms with Gasteiger partial charge in [0, 0.05) is 10.0 Å². The Morgan fingerprint density at radius 2 is 1.93 bits per heavy atom. The van der Waals surface area contributed by atoms with E-state index in [9.17, 15) is 4.79 Å². The molecule has 2 nitrogen and oxygen atoms in total. The van der Waals surface area contributed by atoms with Crippen molar-refractivity contribution in [3.63, 3.8) is 0 Å². The number of hydrogen-bond donors (Lipinski definition) is 1. The smallest absolute Gasteiger partial charge is 0.249 e. The zero-order valence-electron chi connectivity index (χ0n) is 7.33. The fourth-order valence-corrected chi connectivity index (χ4v) is 1.95. The average Bonchev–Trinajstić information content (AvgIpc) is 2.16. The van der Waals surface area contributed by atoms with E-state index in [0.29, 0.717) is 5.56 Å². The van der Waals surface area contributed by atoms with Crippen LogP contribution in [0.5, 0.6) is 0 Å². The Bertz CT molecular complexity index is 508. The zero-order valence-corrected chi connectivity index (χ0v) is 8.91. The van der Waals surface area contributed by atoms with Crippen LogP contribution in [0.4, 0.5) is 0 Å². The first kappa shape index (κ1) is 9.21. The molecule has 0 aromatic heterocycles. The Balaban J connectivity index is 2.87. The van der Waals surface area contributed by atoms with Crippen molar-refractivity contribution >= 4 is 32.6 Å². The molecule has 0 aliphatic rings. The van der Waals surface area contributed by atoms with Gasteiger partial charge in [0.25, 0.3) is 0 Å². The molecule has 14 heavy (non-hydrogen) atoms. The van der Waals surface area contributed by atoms with E-state index in [0.717, 1.165) is 15.2 Å². The summed E-state index contributed by atoms with van der Waals surface area (Å²) in [6.45, 7) is 0. The maximum absolute atomic E-state index is 11.2. The highest BCUT2D eigenvalue weighted by molar-refractivity contribution is 9.10. The molecule has 2 N–H and O–H groups in total. The number of rotatable bonds is 1. The molecule has 0 saturated heterocycles. The molecule has 0 saturated carbocycles. The number of primary amides is 1. The number of carbonyl (C=O) groups is 1. The number of benzene rings is 2. The van der Waals surface area contributed by atoms with Crippen LogP contribution >= 0.6 is 15.9 Å². The lowest BCUT2D eigenvalue weighted by atomic mass is 10.0. The molecule has 1 amide bonds. The van der Waals surface area contributed by atoms with Crippen LogP contribution in [-0.4, -0.2) is 5.91 Å². The minimum absolute atomic E-state index is 0.400. The average molecular weight is 250 g/mol. The molecule has 0 aliphatic heterocycles. The summed E-state index contributed by atoms with van der Waals surface area (Å²) in [5.41, 5.74) is 5.84. The molecule has 70 valence electrons. The summed E-state index contributed by atoms with van der Waals surface area (Å²) in [5.74, 6) is -0.400. The van der Waals surface area contributed by atoms with Crippen molar-refractivity contribution in [2.24, 2.45) is 5.73 Å². The number of hydrogen-bond acceptors (Lipinski definition) is 1. The first-order valence-corrected chi connectivity index (χ1v) is 4.96. The number of fused-ring (bicyclic) bond motifs is 1. The molecular formula is C11H8BrNO. The van der Waals surface area contributed by atoms with Crippen LogP contribution < -0.4 is 5.73 Å². The predicted molar refractivity (Wildman–Crippen MR) is 60.2 cm³/mol. The highest BCUT2D eigenvalue weighted by Gasteiger charge is 2.06. The molecule has 0 atom stereocenters. The summed E-state index contributed by atoms with van der Waals surface area (Å²) in [6.07, 6.45) is 0. The van der Waals surface area contributed by atoms with E-state index >= 15 is 0 Å². The molecule has 0 radical (unpaired) electrons. The van der Waals surface area contributed by atoms with E-state index in [1.807, 2.05) is 30.3 Å². The van der Waals surface area contributed by atoms with Crippen molar-refractivity contribution in [2.45, 2.75) is 0 Å². The molecule has 0 spiro atoms. The molecular weight excluding hydrogens is 242 g/mol. The van der Waals surface area contributed by atoms with Gasteiger partial charge in [-0.05, 0) is 22.9 Å². The Hall–Kier alpha value is -1.35. The van der Waals surface area contributed by atoms with Crippen LogP contribution in [0.3, 0.4) is 0 Å². The SMILES string of the molecule is NC(=O)c1cc(Br)cc2ccccc12.